The van der Waals surface area contributed by atoms with Gasteiger partial charge >= 0.3 is 0 Å². The summed E-state index contributed by atoms with van der Waals surface area (Å²) in [6.45, 7) is 3.85. The predicted octanol–water partition coefficient (Wildman–Crippen LogP) is 1.52. The van der Waals surface area contributed by atoms with E-state index in [-0.39, 0.29) is 0 Å². The highest BCUT2D eigenvalue weighted by atomic mass is 16.5. The Morgan fingerprint density at radius 3 is 3.14 bits per heavy atom. The maximum absolute atomic E-state index is 5.31. The molecule has 0 bridgehead atoms. The SMILES string of the molecule is CC(NC1CCOC1)c1ccccn1. The first-order valence-electron chi connectivity index (χ1n) is 5.11. The molecule has 1 fully saturated rings. The molecule has 1 aromatic heterocycles. The van der Waals surface area contributed by atoms with E-state index in [1.807, 2.05) is 24.4 Å². The first-order chi connectivity index (χ1) is 6.86. The van der Waals surface area contributed by atoms with E-state index in [1.54, 1.807) is 0 Å². The van der Waals surface area contributed by atoms with Gasteiger partial charge in [-0.15, -0.1) is 0 Å². The van der Waals surface area contributed by atoms with Crippen molar-refractivity contribution in [2.45, 2.75) is 25.4 Å². The van der Waals surface area contributed by atoms with E-state index in [0.717, 1.165) is 25.3 Å². The minimum absolute atomic E-state index is 0.308. The molecule has 2 heterocycles. The number of ether oxygens (including phenoxy) is 1. The van der Waals surface area contributed by atoms with Crippen molar-refractivity contribution in [3.63, 3.8) is 0 Å². The van der Waals surface area contributed by atoms with Gasteiger partial charge in [0.1, 0.15) is 0 Å². The van der Waals surface area contributed by atoms with Crippen LogP contribution in [-0.2, 0) is 4.74 Å². The van der Waals surface area contributed by atoms with Crippen molar-refractivity contribution < 1.29 is 4.74 Å². The van der Waals surface area contributed by atoms with Crippen LogP contribution in [0.3, 0.4) is 0 Å². The van der Waals surface area contributed by atoms with Crippen LogP contribution in [0.25, 0.3) is 0 Å². The summed E-state index contributed by atoms with van der Waals surface area (Å²) in [6.07, 6.45) is 2.94. The zero-order chi connectivity index (χ0) is 9.80. The van der Waals surface area contributed by atoms with Gasteiger partial charge in [0.2, 0.25) is 0 Å². The highest BCUT2D eigenvalue weighted by Gasteiger charge is 2.18. The summed E-state index contributed by atoms with van der Waals surface area (Å²) in [6, 6.07) is 6.81. The molecule has 2 rings (SSSR count). The van der Waals surface area contributed by atoms with Crippen LogP contribution >= 0.6 is 0 Å². The molecule has 76 valence electrons. The Hall–Kier alpha value is -0.930. The van der Waals surface area contributed by atoms with Crippen LogP contribution in [0.15, 0.2) is 24.4 Å². The molecule has 1 aliphatic heterocycles. The fourth-order valence-corrected chi connectivity index (χ4v) is 1.74. The molecule has 3 heteroatoms. The number of rotatable bonds is 3. The maximum Gasteiger partial charge on any atom is 0.0620 e. The third-order valence-electron chi connectivity index (χ3n) is 2.55. The molecule has 0 aliphatic carbocycles. The molecule has 0 aromatic carbocycles. The van der Waals surface area contributed by atoms with E-state index >= 15 is 0 Å². The van der Waals surface area contributed by atoms with Gasteiger partial charge in [0.05, 0.1) is 12.3 Å². The normalized spacial score (nSPS) is 23.6. The summed E-state index contributed by atoms with van der Waals surface area (Å²) in [5.41, 5.74) is 1.10. The number of hydrogen-bond acceptors (Lipinski definition) is 3. The second-order valence-corrected chi connectivity index (χ2v) is 3.70. The number of hydrogen-bond donors (Lipinski definition) is 1. The Balaban J connectivity index is 1.92. The van der Waals surface area contributed by atoms with Crippen molar-refractivity contribution in [2.24, 2.45) is 0 Å². The largest absolute Gasteiger partial charge is 0.380 e. The lowest BCUT2D eigenvalue weighted by atomic mass is 10.1. The van der Waals surface area contributed by atoms with Crippen LogP contribution in [0.4, 0.5) is 0 Å². The van der Waals surface area contributed by atoms with E-state index < -0.39 is 0 Å². The first kappa shape index (κ1) is 9.62. The average molecular weight is 192 g/mol. The minimum Gasteiger partial charge on any atom is -0.380 e. The smallest absolute Gasteiger partial charge is 0.0620 e. The van der Waals surface area contributed by atoms with Crippen molar-refractivity contribution in [1.82, 2.24) is 10.3 Å². The van der Waals surface area contributed by atoms with Gasteiger partial charge in [0.15, 0.2) is 0 Å². The number of nitrogens with one attached hydrogen (secondary N) is 1. The molecule has 3 nitrogen and oxygen atoms in total. The quantitative estimate of drug-likeness (QED) is 0.788. The van der Waals surface area contributed by atoms with Crippen molar-refractivity contribution >= 4 is 0 Å². The maximum atomic E-state index is 5.31. The summed E-state index contributed by atoms with van der Waals surface area (Å²) >= 11 is 0. The molecule has 0 radical (unpaired) electrons. The van der Waals surface area contributed by atoms with Crippen molar-refractivity contribution in [3.05, 3.63) is 30.1 Å². The van der Waals surface area contributed by atoms with E-state index in [1.165, 1.54) is 0 Å². The molecule has 0 amide bonds. The molecule has 2 unspecified atom stereocenters. The van der Waals surface area contributed by atoms with Crippen LogP contribution in [0.5, 0.6) is 0 Å². The Bertz CT molecular complexity index is 270. The number of nitrogens with zero attached hydrogens (tertiary/aromatic N) is 1. The summed E-state index contributed by atoms with van der Waals surface area (Å²) in [4.78, 5) is 4.32. The van der Waals surface area contributed by atoms with Crippen molar-refractivity contribution in [3.8, 4) is 0 Å². The van der Waals surface area contributed by atoms with Crippen molar-refractivity contribution in [2.75, 3.05) is 13.2 Å². The monoisotopic (exact) mass is 192 g/mol. The van der Waals surface area contributed by atoms with Crippen LogP contribution in [0.1, 0.15) is 25.1 Å². The Kier molecular flexibility index (Phi) is 3.11. The van der Waals surface area contributed by atoms with Gasteiger partial charge in [-0.05, 0) is 25.5 Å². The molecule has 1 N–H and O–H groups in total. The van der Waals surface area contributed by atoms with E-state index in [9.17, 15) is 0 Å². The molecule has 0 saturated carbocycles. The summed E-state index contributed by atoms with van der Waals surface area (Å²) in [5, 5.41) is 3.51. The zero-order valence-electron chi connectivity index (χ0n) is 8.44. The van der Waals surface area contributed by atoms with Crippen LogP contribution in [0, 0.1) is 0 Å². The second kappa shape index (κ2) is 4.53. The van der Waals surface area contributed by atoms with Gasteiger partial charge in [-0.1, -0.05) is 6.07 Å². The van der Waals surface area contributed by atoms with Gasteiger partial charge in [-0.2, -0.15) is 0 Å². The fourth-order valence-electron chi connectivity index (χ4n) is 1.74. The van der Waals surface area contributed by atoms with Gasteiger partial charge in [-0.3, -0.25) is 4.98 Å². The van der Waals surface area contributed by atoms with Crippen LogP contribution in [0.2, 0.25) is 0 Å². The Morgan fingerprint density at radius 2 is 2.50 bits per heavy atom. The third-order valence-corrected chi connectivity index (χ3v) is 2.55. The topological polar surface area (TPSA) is 34.1 Å². The predicted molar refractivity (Wildman–Crippen MR) is 55.0 cm³/mol. The summed E-state index contributed by atoms with van der Waals surface area (Å²) < 4.78 is 5.31. The molecule has 1 saturated heterocycles. The number of pyridine rings is 1. The minimum atomic E-state index is 0.308. The Labute approximate surface area is 84.5 Å². The highest BCUT2D eigenvalue weighted by molar-refractivity contribution is 5.07. The molecule has 1 aromatic rings. The first-order valence-corrected chi connectivity index (χ1v) is 5.11. The molecule has 0 spiro atoms. The third kappa shape index (κ3) is 2.30. The lowest BCUT2D eigenvalue weighted by Crippen LogP contribution is -2.32. The van der Waals surface area contributed by atoms with Gasteiger partial charge in [0, 0.05) is 24.9 Å². The molecule has 1 aliphatic rings. The van der Waals surface area contributed by atoms with Gasteiger partial charge in [0.25, 0.3) is 0 Å². The van der Waals surface area contributed by atoms with Gasteiger partial charge in [-0.25, -0.2) is 0 Å². The van der Waals surface area contributed by atoms with E-state index in [0.29, 0.717) is 12.1 Å². The fraction of sp³-hybridized carbons (Fsp3) is 0.545. The van der Waals surface area contributed by atoms with Gasteiger partial charge < -0.3 is 10.1 Å². The number of aromatic nitrogens is 1. The van der Waals surface area contributed by atoms with E-state index in [4.69, 9.17) is 4.74 Å². The molecule has 14 heavy (non-hydrogen) atoms. The molecule has 2 atom stereocenters. The standard InChI is InChI=1S/C11H16N2O/c1-9(11-4-2-3-6-12-11)13-10-5-7-14-8-10/h2-4,6,9-10,13H,5,7-8H2,1H3. The summed E-state index contributed by atoms with van der Waals surface area (Å²) in [7, 11) is 0. The molecular formula is C11H16N2O. The summed E-state index contributed by atoms with van der Waals surface area (Å²) in [5.74, 6) is 0. The van der Waals surface area contributed by atoms with Crippen LogP contribution in [-0.4, -0.2) is 24.2 Å². The second-order valence-electron chi connectivity index (χ2n) is 3.70. The Morgan fingerprint density at radius 1 is 1.57 bits per heavy atom. The van der Waals surface area contributed by atoms with Crippen LogP contribution < -0.4 is 5.32 Å². The molecular weight excluding hydrogens is 176 g/mol. The highest BCUT2D eigenvalue weighted by Crippen LogP contribution is 2.12. The lowest BCUT2D eigenvalue weighted by molar-refractivity contribution is 0.188. The lowest BCUT2D eigenvalue weighted by Gasteiger charge is -2.17. The van der Waals surface area contributed by atoms with Crippen molar-refractivity contribution in [1.29, 1.82) is 0 Å². The average Bonchev–Trinajstić information content (AvgIpc) is 2.72. The van der Waals surface area contributed by atoms with E-state index in [2.05, 4.69) is 17.2 Å². The zero-order valence-corrected chi connectivity index (χ0v) is 8.44.